The Hall–Kier alpha value is -3.27. The lowest BCUT2D eigenvalue weighted by atomic mass is 9.88. The van der Waals surface area contributed by atoms with Gasteiger partial charge < -0.3 is 11.1 Å². The first-order chi connectivity index (χ1) is 11.1. The predicted molar refractivity (Wildman–Crippen MR) is 89.9 cm³/mol. The number of allylic oxidation sites excluding steroid dienone is 4. The number of nitriles is 4. The molecule has 0 atom stereocenters. The van der Waals surface area contributed by atoms with Crippen LogP contribution in [0, 0.1) is 48.9 Å². The lowest BCUT2D eigenvalue weighted by molar-refractivity contribution is 0.935. The molecule has 7 heteroatoms. The minimum atomic E-state index is -0.273. The summed E-state index contributed by atoms with van der Waals surface area (Å²) in [6.45, 7) is 0. The molecular weight excluding hydrogens is 403 g/mol. The molecule has 1 aliphatic heterocycles. The molecule has 1 aromatic rings. The van der Waals surface area contributed by atoms with E-state index in [2.05, 4.69) is 27.9 Å². The average molecular weight is 410 g/mol. The van der Waals surface area contributed by atoms with Gasteiger partial charge in [0.15, 0.2) is 5.57 Å². The third kappa shape index (κ3) is 2.74. The number of rotatable bonds is 1. The molecule has 0 spiro atoms. The highest BCUT2D eigenvalue weighted by Crippen LogP contribution is 2.36. The molecule has 1 heterocycles. The normalized spacial score (nSPS) is 13.3. The van der Waals surface area contributed by atoms with Gasteiger partial charge in [0, 0.05) is 9.14 Å². The Balaban J connectivity index is 2.97. The van der Waals surface area contributed by atoms with Crippen molar-refractivity contribution < 1.29 is 0 Å². The topological polar surface area (TPSA) is 133 Å². The number of hydrogen-bond donors (Lipinski definition) is 2. The molecule has 0 radical (unpaired) electrons. The Kier molecular flexibility index (Phi) is 4.66. The molecule has 0 saturated carbocycles. The van der Waals surface area contributed by atoms with Gasteiger partial charge in [0.2, 0.25) is 0 Å². The molecule has 0 unspecified atom stereocenters. The van der Waals surface area contributed by atoms with Crippen molar-refractivity contribution in [1.82, 2.24) is 5.32 Å². The van der Waals surface area contributed by atoms with Crippen LogP contribution in [0.4, 0.5) is 0 Å². The van der Waals surface area contributed by atoms with Crippen molar-refractivity contribution in [3.05, 3.63) is 61.6 Å². The largest absolute Gasteiger partial charge is 0.384 e. The van der Waals surface area contributed by atoms with Gasteiger partial charge in [-0.25, -0.2) is 0 Å². The first-order valence-electron chi connectivity index (χ1n) is 6.20. The van der Waals surface area contributed by atoms with E-state index in [1.54, 1.807) is 24.3 Å². The SMILES string of the molecule is N#CC(C#N)=C1NC(N)=C(C#N)C(c2ccccc2I)=C1C#N. The van der Waals surface area contributed by atoms with Gasteiger partial charge in [0.25, 0.3) is 0 Å². The molecule has 0 aromatic heterocycles. The van der Waals surface area contributed by atoms with Crippen LogP contribution in [0.1, 0.15) is 5.56 Å². The first-order valence-corrected chi connectivity index (χ1v) is 7.28. The summed E-state index contributed by atoms with van der Waals surface area (Å²) in [5.74, 6) is -0.000784. The third-order valence-corrected chi connectivity index (χ3v) is 4.06. The molecule has 0 saturated heterocycles. The van der Waals surface area contributed by atoms with Crippen LogP contribution in [0.3, 0.4) is 0 Å². The van der Waals surface area contributed by atoms with Gasteiger partial charge in [-0.1, -0.05) is 18.2 Å². The highest BCUT2D eigenvalue weighted by atomic mass is 127. The Morgan fingerprint density at radius 3 is 2.13 bits per heavy atom. The van der Waals surface area contributed by atoms with Crippen LogP contribution in [0.2, 0.25) is 0 Å². The number of benzene rings is 1. The monoisotopic (exact) mass is 410 g/mol. The molecule has 108 valence electrons. The van der Waals surface area contributed by atoms with Crippen LogP contribution in [-0.2, 0) is 0 Å². The number of hydrogen-bond acceptors (Lipinski definition) is 6. The molecule has 0 fully saturated rings. The summed E-state index contributed by atoms with van der Waals surface area (Å²) < 4.78 is 0.810. The summed E-state index contributed by atoms with van der Waals surface area (Å²) >= 11 is 2.08. The third-order valence-electron chi connectivity index (χ3n) is 3.12. The van der Waals surface area contributed by atoms with E-state index in [-0.39, 0.29) is 28.2 Å². The minimum Gasteiger partial charge on any atom is -0.384 e. The van der Waals surface area contributed by atoms with Crippen molar-refractivity contribution in [3.8, 4) is 24.3 Å². The molecule has 0 aliphatic carbocycles. The van der Waals surface area contributed by atoms with Crippen LogP contribution in [0.15, 0.2) is 52.5 Å². The average Bonchev–Trinajstić information content (AvgIpc) is 2.56. The molecule has 0 bridgehead atoms. The van der Waals surface area contributed by atoms with Gasteiger partial charge in [-0.2, -0.15) is 21.0 Å². The summed E-state index contributed by atoms with van der Waals surface area (Å²) in [5.41, 5.74) is 6.71. The Labute approximate surface area is 146 Å². The fraction of sp³-hybridized carbons (Fsp3) is 0. The maximum Gasteiger partial charge on any atom is 0.154 e. The van der Waals surface area contributed by atoms with Gasteiger partial charge in [-0.15, -0.1) is 0 Å². The van der Waals surface area contributed by atoms with Gasteiger partial charge in [-0.05, 0) is 34.2 Å². The van der Waals surface area contributed by atoms with Crippen molar-refractivity contribution in [2.75, 3.05) is 0 Å². The lowest BCUT2D eigenvalue weighted by Crippen LogP contribution is -2.28. The van der Waals surface area contributed by atoms with E-state index in [0.29, 0.717) is 11.1 Å². The van der Waals surface area contributed by atoms with Crippen LogP contribution >= 0.6 is 22.6 Å². The quantitative estimate of drug-likeness (QED) is 0.539. The molecule has 1 aromatic carbocycles. The fourth-order valence-corrected chi connectivity index (χ4v) is 2.79. The Morgan fingerprint density at radius 1 is 1.00 bits per heavy atom. The number of nitrogens with two attached hydrogens (primary N) is 1. The van der Waals surface area contributed by atoms with E-state index < -0.39 is 0 Å². The zero-order valence-electron chi connectivity index (χ0n) is 11.6. The zero-order valence-corrected chi connectivity index (χ0v) is 13.7. The molecular formula is C16H7IN6. The number of nitrogens with zero attached hydrogens (tertiary/aromatic N) is 4. The molecule has 6 nitrogen and oxygen atoms in total. The van der Waals surface area contributed by atoms with Gasteiger partial charge in [0.1, 0.15) is 35.7 Å². The lowest BCUT2D eigenvalue weighted by Gasteiger charge is -2.22. The number of halogens is 1. The maximum absolute atomic E-state index is 9.55. The highest BCUT2D eigenvalue weighted by Gasteiger charge is 2.28. The van der Waals surface area contributed by atoms with E-state index in [1.165, 1.54) is 0 Å². The summed E-state index contributed by atoms with van der Waals surface area (Å²) in [6, 6.07) is 14.6. The molecule has 1 aliphatic rings. The van der Waals surface area contributed by atoms with Crippen LogP contribution in [0.25, 0.3) is 5.57 Å². The Morgan fingerprint density at radius 2 is 1.61 bits per heavy atom. The van der Waals surface area contributed by atoms with Crippen LogP contribution in [-0.4, -0.2) is 0 Å². The minimum absolute atomic E-state index is 0.000784. The Bertz CT molecular complexity index is 938. The van der Waals surface area contributed by atoms with E-state index in [0.717, 1.165) is 3.57 Å². The summed E-state index contributed by atoms with van der Waals surface area (Å²) in [7, 11) is 0. The van der Waals surface area contributed by atoms with E-state index >= 15 is 0 Å². The number of nitrogens with one attached hydrogen (secondary N) is 1. The summed E-state index contributed by atoms with van der Waals surface area (Å²) in [5, 5.41) is 39.8. The highest BCUT2D eigenvalue weighted by molar-refractivity contribution is 14.1. The first kappa shape index (κ1) is 16.1. The number of dihydropyridines is 1. The molecule has 0 amide bonds. The second-order valence-electron chi connectivity index (χ2n) is 4.34. The molecule has 2 rings (SSSR count). The maximum atomic E-state index is 9.55. The predicted octanol–water partition coefficient (Wildman–Crippen LogP) is 2.17. The van der Waals surface area contributed by atoms with E-state index in [4.69, 9.17) is 16.3 Å². The standard InChI is InChI=1S/C16H7IN6/c17-13-4-2-1-3-10(13)14-11(7-20)15(9(5-18)6-19)23-16(22)12(14)8-21/h1-4,23H,22H2. The van der Waals surface area contributed by atoms with Crippen molar-refractivity contribution in [2.24, 2.45) is 5.73 Å². The fourth-order valence-electron chi connectivity index (χ4n) is 2.13. The summed E-state index contributed by atoms with van der Waals surface area (Å²) in [4.78, 5) is 0. The van der Waals surface area contributed by atoms with Crippen LogP contribution < -0.4 is 11.1 Å². The zero-order chi connectivity index (χ0) is 17.0. The molecule has 3 N–H and O–H groups in total. The van der Waals surface area contributed by atoms with Crippen molar-refractivity contribution in [1.29, 1.82) is 21.0 Å². The van der Waals surface area contributed by atoms with Crippen molar-refractivity contribution in [3.63, 3.8) is 0 Å². The second kappa shape index (κ2) is 6.66. The van der Waals surface area contributed by atoms with E-state index in [1.807, 2.05) is 24.3 Å². The second-order valence-corrected chi connectivity index (χ2v) is 5.50. The van der Waals surface area contributed by atoms with Crippen molar-refractivity contribution >= 4 is 28.2 Å². The van der Waals surface area contributed by atoms with Gasteiger partial charge in [0.05, 0.1) is 11.3 Å². The smallest absolute Gasteiger partial charge is 0.154 e. The van der Waals surface area contributed by atoms with Gasteiger partial charge in [-0.3, -0.25) is 0 Å². The van der Waals surface area contributed by atoms with E-state index in [9.17, 15) is 10.5 Å². The summed E-state index contributed by atoms with van der Waals surface area (Å²) in [6.07, 6.45) is 0. The van der Waals surface area contributed by atoms with Gasteiger partial charge >= 0.3 is 0 Å². The molecule has 23 heavy (non-hydrogen) atoms. The van der Waals surface area contributed by atoms with Crippen LogP contribution in [0.5, 0.6) is 0 Å². The van der Waals surface area contributed by atoms with Crippen molar-refractivity contribution in [2.45, 2.75) is 0 Å².